The molecule has 1 saturated heterocycles. The number of nitrogens with zero attached hydrogens (tertiary/aromatic N) is 4. The first-order valence-electron chi connectivity index (χ1n) is 8.17. The summed E-state index contributed by atoms with van der Waals surface area (Å²) in [7, 11) is 1.55. The van der Waals surface area contributed by atoms with Crippen molar-refractivity contribution in [3.8, 4) is 5.75 Å². The van der Waals surface area contributed by atoms with E-state index >= 15 is 0 Å². The lowest BCUT2D eigenvalue weighted by molar-refractivity contribution is 0.0158. The summed E-state index contributed by atoms with van der Waals surface area (Å²) in [6, 6.07) is 10.5. The van der Waals surface area contributed by atoms with Gasteiger partial charge in [0.1, 0.15) is 11.4 Å². The topological polar surface area (TPSA) is 88.8 Å². The summed E-state index contributed by atoms with van der Waals surface area (Å²) in [6.07, 6.45) is 2.07. The number of hydrogen-bond acceptors (Lipinski definition) is 6. The second-order valence-corrected chi connectivity index (χ2v) is 5.81. The van der Waals surface area contributed by atoms with Crippen molar-refractivity contribution in [1.82, 2.24) is 20.2 Å². The van der Waals surface area contributed by atoms with Crippen LogP contribution in [0.5, 0.6) is 5.75 Å². The number of carbonyl (C=O) groups excluding carboxylic acids is 2. The van der Waals surface area contributed by atoms with Crippen molar-refractivity contribution in [3.63, 3.8) is 0 Å². The van der Waals surface area contributed by atoms with Gasteiger partial charge in [-0.1, -0.05) is 17.3 Å². The molecule has 26 heavy (non-hydrogen) atoms. The molecule has 1 aliphatic heterocycles. The van der Waals surface area contributed by atoms with Gasteiger partial charge in [-0.2, -0.15) is 0 Å². The molecule has 8 heteroatoms. The van der Waals surface area contributed by atoms with Crippen LogP contribution in [0.15, 0.2) is 47.1 Å². The summed E-state index contributed by atoms with van der Waals surface area (Å²) < 4.78 is 10.3. The van der Waals surface area contributed by atoms with E-state index in [9.17, 15) is 9.59 Å². The number of methoxy groups -OCH3 is 1. The zero-order chi connectivity index (χ0) is 18.1. The summed E-state index contributed by atoms with van der Waals surface area (Å²) in [4.78, 5) is 30.0. The molecule has 1 aromatic carbocycles. The number of fused-ring (bicyclic) bond motifs is 1. The highest BCUT2D eigenvalue weighted by Crippen LogP contribution is 2.26. The highest BCUT2D eigenvalue weighted by Gasteiger charge is 2.34. The molecule has 0 N–H and O–H groups in total. The number of hydrazine groups is 1. The van der Waals surface area contributed by atoms with Crippen LogP contribution in [0.25, 0.3) is 10.9 Å². The van der Waals surface area contributed by atoms with E-state index in [0.29, 0.717) is 30.8 Å². The number of carbonyl (C=O) groups is 2. The number of pyridine rings is 1. The lowest BCUT2D eigenvalue weighted by Crippen LogP contribution is -2.45. The Labute approximate surface area is 148 Å². The summed E-state index contributed by atoms with van der Waals surface area (Å²) in [5.74, 6) is -0.111. The predicted octanol–water partition coefficient (Wildman–Crippen LogP) is 2.13. The molecule has 0 aliphatic carbocycles. The molecule has 0 bridgehead atoms. The highest BCUT2D eigenvalue weighted by molar-refractivity contribution is 5.99. The molecule has 2 aromatic heterocycles. The lowest BCUT2D eigenvalue weighted by atomic mass is 10.1. The minimum absolute atomic E-state index is 0.0914. The maximum Gasteiger partial charge on any atom is 0.311 e. The summed E-state index contributed by atoms with van der Waals surface area (Å²) in [5, 5.41) is 7.12. The standard InChI is InChI=1S/C18H16N4O4/c1-25-16-11-14(20-13-6-3-2-5-12(13)16)17(23)21-9-4-10-22(21)18(24)15-7-8-19-26-15/h2-3,5-8,11H,4,9-10H2,1H3. The van der Waals surface area contributed by atoms with Crippen molar-refractivity contribution in [2.24, 2.45) is 0 Å². The van der Waals surface area contributed by atoms with Crippen LogP contribution in [0, 0.1) is 0 Å². The van der Waals surface area contributed by atoms with E-state index < -0.39 is 5.91 Å². The van der Waals surface area contributed by atoms with E-state index in [-0.39, 0.29) is 17.4 Å². The van der Waals surface area contributed by atoms with Gasteiger partial charge in [-0.25, -0.2) is 15.0 Å². The first-order valence-corrected chi connectivity index (χ1v) is 8.17. The van der Waals surface area contributed by atoms with Gasteiger partial charge in [-0.3, -0.25) is 9.59 Å². The first-order chi connectivity index (χ1) is 12.7. The summed E-state index contributed by atoms with van der Waals surface area (Å²) in [6.45, 7) is 0.853. The Kier molecular flexibility index (Phi) is 4.00. The molecule has 0 spiro atoms. The molecule has 4 rings (SSSR count). The lowest BCUT2D eigenvalue weighted by Gasteiger charge is -2.26. The molecular weight excluding hydrogens is 336 g/mol. The highest BCUT2D eigenvalue weighted by atomic mass is 16.5. The molecule has 0 radical (unpaired) electrons. The van der Waals surface area contributed by atoms with Crippen LogP contribution in [0.4, 0.5) is 0 Å². The van der Waals surface area contributed by atoms with Crippen molar-refractivity contribution in [3.05, 3.63) is 54.0 Å². The Hall–Kier alpha value is -3.42. The average Bonchev–Trinajstić information content (AvgIpc) is 3.37. The average molecular weight is 352 g/mol. The van der Waals surface area contributed by atoms with Gasteiger partial charge in [0.15, 0.2) is 0 Å². The third kappa shape index (κ3) is 2.65. The van der Waals surface area contributed by atoms with Crippen molar-refractivity contribution in [1.29, 1.82) is 0 Å². The molecule has 3 heterocycles. The van der Waals surface area contributed by atoms with E-state index in [1.165, 1.54) is 22.3 Å². The van der Waals surface area contributed by atoms with Crippen LogP contribution in [-0.2, 0) is 0 Å². The van der Waals surface area contributed by atoms with E-state index in [0.717, 1.165) is 5.39 Å². The zero-order valence-electron chi connectivity index (χ0n) is 14.1. The van der Waals surface area contributed by atoms with Gasteiger partial charge in [0.25, 0.3) is 5.91 Å². The fraction of sp³-hybridized carbons (Fsp3) is 0.222. The van der Waals surface area contributed by atoms with Crippen LogP contribution in [0.3, 0.4) is 0 Å². The van der Waals surface area contributed by atoms with Crippen LogP contribution in [-0.4, -0.2) is 52.2 Å². The molecule has 0 atom stereocenters. The van der Waals surface area contributed by atoms with Gasteiger partial charge >= 0.3 is 5.91 Å². The van der Waals surface area contributed by atoms with Gasteiger partial charge < -0.3 is 9.26 Å². The number of rotatable bonds is 3. The first kappa shape index (κ1) is 16.1. The molecule has 3 aromatic rings. The molecule has 2 amide bonds. The van der Waals surface area contributed by atoms with E-state index in [2.05, 4.69) is 10.1 Å². The predicted molar refractivity (Wildman–Crippen MR) is 91.5 cm³/mol. The van der Waals surface area contributed by atoms with E-state index in [1.807, 2.05) is 24.3 Å². The van der Waals surface area contributed by atoms with E-state index in [4.69, 9.17) is 9.26 Å². The number of para-hydroxylation sites is 1. The summed E-state index contributed by atoms with van der Waals surface area (Å²) >= 11 is 0. The smallest absolute Gasteiger partial charge is 0.311 e. The second-order valence-electron chi connectivity index (χ2n) is 5.81. The van der Waals surface area contributed by atoms with Gasteiger partial charge in [0, 0.05) is 30.6 Å². The normalized spacial score (nSPS) is 14.0. The van der Waals surface area contributed by atoms with Crippen LogP contribution in [0.1, 0.15) is 27.5 Å². The number of hydrogen-bond donors (Lipinski definition) is 0. The zero-order valence-corrected chi connectivity index (χ0v) is 14.1. The van der Waals surface area contributed by atoms with E-state index in [1.54, 1.807) is 13.2 Å². The third-order valence-electron chi connectivity index (χ3n) is 4.27. The number of aromatic nitrogens is 2. The largest absolute Gasteiger partial charge is 0.496 e. The number of ether oxygens (including phenoxy) is 1. The van der Waals surface area contributed by atoms with Gasteiger partial charge in [-0.15, -0.1) is 0 Å². The second kappa shape index (κ2) is 6.47. The van der Waals surface area contributed by atoms with Crippen molar-refractivity contribution >= 4 is 22.7 Å². The molecule has 1 aliphatic rings. The Morgan fingerprint density at radius 1 is 1.12 bits per heavy atom. The van der Waals surface area contributed by atoms with Crippen LogP contribution >= 0.6 is 0 Å². The van der Waals surface area contributed by atoms with Gasteiger partial charge in [0.2, 0.25) is 5.76 Å². The molecule has 132 valence electrons. The van der Waals surface area contributed by atoms with Crippen LogP contribution < -0.4 is 4.74 Å². The maximum atomic E-state index is 13.0. The van der Waals surface area contributed by atoms with Crippen molar-refractivity contribution < 1.29 is 18.8 Å². The molecular formula is C18H16N4O4. The van der Waals surface area contributed by atoms with Gasteiger partial charge in [-0.05, 0) is 18.6 Å². The molecule has 8 nitrogen and oxygen atoms in total. The minimum Gasteiger partial charge on any atom is -0.496 e. The maximum absolute atomic E-state index is 13.0. The minimum atomic E-state index is -0.402. The number of benzene rings is 1. The Morgan fingerprint density at radius 3 is 2.62 bits per heavy atom. The van der Waals surface area contributed by atoms with Gasteiger partial charge in [0.05, 0.1) is 18.8 Å². The molecule has 1 fully saturated rings. The quantitative estimate of drug-likeness (QED) is 0.717. The SMILES string of the molecule is COc1cc(C(=O)N2CCCN2C(=O)c2ccno2)nc2ccccc12. The fourth-order valence-electron chi connectivity index (χ4n) is 3.04. The number of amides is 2. The Morgan fingerprint density at radius 2 is 1.88 bits per heavy atom. The van der Waals surface area contributed by atoms with Crippen molar-refractivity contribution in [2.45, 2.75) is 6.42 Å². The monoisotopic (exact) mass is 352 g/mol. The Balaban J connectivity index is 1.68. The Bertz CT molecular complexity index is 970. The fourth-order valence-corrected chi connectivity index (χ4v) is 3.04. The third-order valence-corrected chi connectivity index (χ3v) is 4.27. The molecule has 0 saturated carbocycles. The van der Waals surface area contributed by atoms with Crippen LogP contribution in [0.2, 0.25) is 0 Å². The van der Waals surface area contributed by atoms with Crippen molar-refractivity contribution in [2.75, 3.05) is 20.2 Å². The summed E-state index contributed by atoms with van der Waals surface area (Å²) in [5.41, 5.74) is 0.875. The molecule has 0 unspecified atom stereocenters.